The minimum atomic E-state index is -0.462. The van der Waals surface area contributed by atoms with Gasteiger partial charge in [-0.15, -0.1) is 0 Å². The van der Waals surface area contributed by atoms with Gasteiger partial charge in [0, 0.05) is 16.8 Å². The van der Waals surface area contributed by atoms with E-state index in [1.165, 1.54) is 6.92 Å². The van der Waals surface area contributed by atoms with Crippen LogP contribution in [0.25, 0.3) is 0 Å². The van der Waals surface area contributed by atoms with Gasteiger partial charge in [0.2, 0.25) is 0 Å². The van der Waals surface area contributed by atoms with Gasteiger partial charge in [-0.3, -0.25) is 4.79 Å². The summed E-state index contributed by atoms with van der Waals surface area (Å²) in [4.78, 5) is 10.9. The average Bonchev–Trinajstić information content (AvgIpc) is 2.39. The molecule has 0 radical (unpaired) electrons. The molecule has 1 aliphatic carbocycles. The summed E-state index contributed by atoms with van der Waals surface area (Å²) in [6, 6.07) is 0. The number of hydrogen-bond acceptors (Lipinski definition) is 3. The van der Waals surface area contributed by atoms with Gasteiger partial charge in [-0.1, -0.05) is 50.3 Å². The van der Waals surface area contributed by atoms with E-state index >= 15 is 0 Å². The van der Waals surface area contributed by atoms with Crippen LogP contribution in [-0.4, -0.2) is 22.8 Å². The van der Waals surface area contributed by atoms with Gasteiger partial charge in [-0.05, 0) is 24.7 Å². The van der Waals surface area contributed by atoms with E-state index in [0.717, 1.165) is 10.8 Å². The third-order valence-corrected chi connectivity index (χ3v) is 6.53. The molecule has 0 aromatic heterocycles. The molecule has 1 aliphatic rings. The number of carbonyl (C=O) groups is 1. The van der Waals surface area contributed by atoms with E-state index in [-0.39, 0.29) is 22.9 Å². The van der Waals surface area contributed by atoms with Crippen LogP contribution in [0.1, 0.15) is 48.0 Å². The molecular formula is C14H25IO3. The maximum absolute atomic E-state index is 10.9. The summed E-state index contributed by atoms with van der Waals surface area (Å²) in [6.07, 6.45) is 0.711. The lowest BCUT2D eigenvalue weighted by Crippen LogP contribution is -2.43. The van der Waals surface area contributed by atoms with Crippen molar-refractivity contribution in [1.29, 1.82) is 0 Å². The Kier molecular flexibility index (Phi) is 5.09. The lowest BCUT2D eigenvalue weighted by molar-refractivity contribution is -0.194. The van der Waals surface area contributed by atoms with E-state index in [4.69, 9.17) is 9.47 Å². The number of ether oxygens (including phenoxy) is 2. The smallest absolute Gasteiger partial charge is 0.304 e. The van der Waals surface area contributed by atoms with Crippen LogP contribution in [0.3, 0.4) is 0 Å². The standard InChI is InChI=1S/C14H25IO3/c1-9-7-12(18-11(3)17-10(2)16)14(6,8-15)13(9,4)5/h9,11-12H,7-8H2,1-6H3. The zero-order valence-corrected chi connectivity index (χ0v) is 14.4. The largest absolute Gasteiger partial charge is 0.436 e. The molecule has 0 spiro atoms. The zero-order chi connectivity index (χ0) is 14.1. The number of esters is 1. The molecule has 4 heteroatoms. The Bertz CT molecular complexity index is 316. The van der Waals surface area contributed by atoms with Crippen LogP contribution < -0.4 is 0 Å². The van der Waals surface area contributed by atoms with Crippen molar-refractivity contribution in [1.82, 2.24) is 0 Å². The first-order valence-electron chi connectivity index (χ1n) is 6.53. The molecule has 0 amide bonds. The summed E-state index contributed by atoms with van der Waals surface area (Å²) in [5, 5.41) is 0. The molecule has 1 rings (SSSR count). The van der Waals surface area contributed by atoms with Gasteiger partial charge in [0.05, 0.1) is 6.10 Å². The molecule has 3 nitrogen and oxygen atoms in total. The molecule has 0 N–H and O–H groups in total. The van der Waals surface area contributed by atoms with Crippen LogP contribution >= 0.6 is 22.6 Å². The summed E-state index contributed by atoms with van der Waals surface area (Å²) in [5.41, 5.74) is 0.343. The second-order valence-corrected chi connectivity index (χ2v) is 6.97. The zero-order valence-electron chi connectivity index (χ0n) is 12.2. The van der Waals surface area contributed by atoms with Gasteiger partial charge in [0.15, 0.2) is 6.29 Å². The molecule has 106 valence electrons. The van der Waals surface area contributed by atoms with Crippen LogP contribution in [0.2, 0.25) is 0 Å². The quantitative estimate of drug-likeness (QED) is 0.328. The summed E-state index contributed by atoms with van der Waals surface area (Å²) in [5.74, 6) is 0.316. The van der Waals surface area contributed by atoms with Gasteiger partial charge in [0.1, 0.15) is 0 Å². The molecule has 1 fully saturated rings. The first kappa shape index (κ1) is 16.2. The summed E-state index contributed by atoms with van der Waals surface area (Å²) in [6.45, 7) is 12.4. The topological polar surface area (TPSA) is 35.5 Å². The fourth-order valence-electron chi connectivity index (χ4n) is 2.81. The van der Waals surface area contributed by atoms with Crippen molar-refractivity contribution in [2.75, 3.05) is 4.43 Å². The summed E-state index contributed by atoms with van der Waals surface area (Å²) < 4.78 is 12.1. The molecule has 0 saturated heterocycles. The van der Waals surface area contributed by atoms with Gasteiger partial charge in [-0.2, -0.15) is 0 Å². The number of alkyl halides is 1. The number of carbonyl (C=O) groups excluding carboxylic acids is 1. The lowest BCUT2D eigenvalue weighted by Gasteiger charge is -2.42. The van der Waals surface area contributed by atoms with Crippen molar-refractivity contribution in [3.8, 4) is 0 Å². The third-order valence-electron chi connectivity index (χ3n) is 4.95. The highest BCUT2D eigenvalue weighted by Gasteiger charge is 2.56. The van der Waals surface area contributed by atoms with Crippen molar-refractivity contribution < 1.29 is 14.3 Å². The first-order valence-corrected chi connectivity index (χ1v) is 8.06. The van der Waals surface area contributed by atoms with Gasteiger partial charge in [0.25, 0.3) is 0 Å². The van der Waals surface area contributed by atoms with E-state index in [9.17, 15) is 4.79 Å². The summed E-state index contributed by atoms with van der Waals surface area (Å²) >= 11 is 2.44. The molecule has 0 aliphatic heterocycles. The fraction of sp³-hybridized carbons (Fsp3) is 0.929. The maximum atomic E-state index is 10.9. The monoisotopic (exact) mass is 368 g/mol. The molecule has 18 heavy (non-hydrogen) atoms. The molecule has 0 heterocycles. The van der Waals surface area contributed by atoms with Crippen molar-refractivity contribution in [2.45, 2.75) is 60.4 Å². The van der Waals surface area contributed by atoms with Crippen LogP contribution in [0, 0.1) is 16.7 Å². The Morgan fingerprint density at radius 2 is 2.00 bits per heavy atom. The van der Waals surface area contributed by atoms with E-state index in [0.29, 0.717) is 5.92 Å². The minimum absolute atomic E-state index is 0.112. The lowest BCUT2D eigenvalue weighted by atomic mass is 9.67. The van der Waals surface area contributed by atoms with Gasteiger partial charge in [-0.25, -0.2) is 0 Å². The normalized spacial score (nSPS) is 36.4. The predicted octanol–water partition coefficient (Wildman–Crippen LogP) is 3.79. The molecule has 0 aromatic rings. The fourth-order valence-corrected chi connectivity index (χ4v) is 4.28. The predicted molar refractivity (Wildman–Crippen MR) is 80.7 cm³/mol. The van der Waals surface area contributed by atoms with Crippen molar-refractivity contribution in [2.24, 2.45) is 16.7 Å². The van der Waals surface area contributed by atoms with Gasteiger partial charge >= 0.3 is 5.97 Å². The average molecular weight is 368 g/mol. The highest BCUT2D eigenvalue weighted by atomic mass is 127. The Morgan fingerprint density at radius 1 is 1.44 bits per heavy atom. The molecule has 1 saturated carbocycles. The minimum Gasteiger partial charge on any atom is -0.436 e. The Balaban J connectivity index is 2.80. The van der Waals surface area contributed by atoms with Crippen molar-refractivity contribution >= 4 is 28.6 Å². The second kappa shape index (κ2) is 5.65. The van der Waals surface area contributed by atoms with E-state index in [1.807, 2.05) is 0 Å². The first-order chi connectivity index (χ1) is 8.15. The molecule has 4 unspecified atom stereocenters. The maximum Gasteiger partial charge on any atom is 0.304 e. The van der Waals surface area contributed by atoms with Crippen LogP contribution in [0.15, 0.2) is 0 Å². The van der Waals surface area contributed by atoms with Crippen molar-refractivity contribution in [3.05, 3.63) is 0 Å². The van der Waals surface area contributed by atoms with E-state index in [2.05, 4.69) is 50.3 Å². The molecular weight excluding hydrogens is 343 g/mol. The Hall–Kier alpha value is 0.160. The van der Waals surface area contributed by atoms with Crippen molar-refractivity contribution in [3.63, 3.8) is 0 Å². The van der Waals surface area contributed by atoms with E-state index < -0.39 is 6.29 Å². The van der Waals surface area contributed by atoms with E-state index in [1.54, 1.807) is 6.92 Å². The number of hydrogen-bond donors (Lipinski definition) is 0. The van der Waals surface area contributed by atoms with Crippen LogP contribution in [0.5, 0.6) is 0 Å². The Labute approximate surface area is 124 Å². The third kappa shape index (κ3) is 2.84. The Morgan fingerprint density at radius 3 is 2.44 bits per heavy atom. The highest BCUT2D eigenvalue weighted by molar-refractivity contribution is 14.1. The SMILES string of the molecule is CC(=O)OC(C)OC1CC(C)C(C)(C)C1(C)CI. The van der Waals surface area contributed by atoms with Crippen LogP contribution in [-0.2, 0) is 14.3 Å². The van der Waals surface area contributed by atoms with Gasteiger partial charge < -0.3 is 9.47 Å². The molecule has 0 aromatic carbocycles. The van der Waals surface area contributed by atoms with Crippen LogP contribution in [0.4, 0.5) is 0 Å². The summed E-state index contributed by atoms with van der Waals surface area (Å²) in [7, 11) is 0. The highest BCUT2D eigenvalue weighted by Crippen LogP contribution is 2.57. The number of halogens is 1. The number of rotatable bonds is 4. The second-order valence-electron chi connectivity index (χ2n) is 6.21. The molecule has 0 bridgehead atoms. The molecule has 4 atom stereocenters.